The smallest absolute Gasteiger partial charge is 0.224 e. The van der Waals surface area contributed by atoms with Crippen molar-refractivity contribution in [3.05, 3.63) is 47.0 Å². The Kier molecular flexibility index (Phi) is 6.48. The molecule has 0 aromatic heterocycles. The fraction of sp³-hybridized carbons (Fsp3) is 0.500. The van der Waals surface area contributed by atoms with Crippen molar-refractivity contribution in [2.45, 2.75) is 39.0 Å². The van der Waals surface area contributed by atoms with E-state index in [1.54, 1.807) is 0 Å². The standard InChI is InChI=1S/C18H26N2O/c1-2-3-4-15-5-7-16(8-6-15)13-18(21)20-14-17-9-11-19-12-10-17/h5-9,19H,2-4,10-14H2,1H3,(H,20,21). The minimum Gasteiger partial charge on any atom is -0.352 e. The maximum absolute atomic E-state index is 12.0. The summed E-state index contributed by atoms with van der Waals surface area (Å²) < 4.78 is 0. The van der Waals surface area contributed by atoms with Crippen LogP contribution in [-0.2, 0) is 17.6 Å². The maximum Gasteiger partial charge on any atom is 0.224 e. The molecule has 3 nitrogen and oxygen atoms in total. The molecule has 0 saturated heterocycles. The molecule has 0 atom stereocenters. The van der Waals surface area contributed by atoms with Gasteiger partial charge in [-0.15, -0.1) is 0 Å². The molecule has 2 rings (SSSR count). The van der Waals surface area contributed by atoms with E-state index in [2.05, 4.69) is 47.9 Å². The van der Waals surface area contributed by atoms with Crippen LogP contribution in [0.4, 0.5) is 0 Å². The first-order valence-corrected chi connectivity index (χ1v) is 8.01. The summed E-state index contributed by atoms with van der Waals surface area (Å²) in [7, 11) is 0. The molecule has 1 aliphatic rings. The van der Waals surface area contributed by atoms with Crippen molar-refractivity contribution in [1.29, 1.82) is 0 Å². The summed E-state index contributed by atoms with van der Waals surface area (Å²) in [6.45, 7) is 4.83. The molecular formula is C18H26N2O. The van der Waals surface area contributed by atoms with Crippen LogP contribution in [0.2, 0.25) is 0 Å². The monoisotopic (exact) mass is 286 g/mol. The van der Waals surface area contributed by atoms with Crippen LogP contribution in [0.3, 0.4) is 0 Å². The van der Waals surface area contributed by atoms with Gasteiger partial charge < -0.3 is 10.6 Å². The highest BCUT2D eigenvalue weighted by molar-refractivity contribution is 5.78. The molecule has 0 aliphatic carbocycles. The molecule has 1 aromatic carbocycles. The first-order chi connectivity index (χ1) is 10.3. The van der Waals surface area contributed by atoms with Crippen LogP contribution in [0.25, 0.3) is 0 Å². The molecule has 0 fully saturated rings. The van der Waals surface area contributed by atoms with Gasteiger partial charge in [0.1, 0.15) is 0 Å². The summed E-state index contributed by atoms with van der Waals surface area (Å²) in [5.74, 6) is 0.107. The number of benzene rings is 1. The summed E-state index contributed by atoms with van der Waals surface area (Å²) in [5, 5.41) is 6.29. The predicted molar refractivity (Wildman–Crippen MR) is 87.3 cm³/mol. The third kappa shape index (κ3) is 5.72. The van der Waals surface area contributed by atoms with Gasteiger partial charge in [0.25, 0.3) is 0 Å². The number of hydrogen-bond donors (Lipinski definition) is 2. The van der Waals surface area contributed by atoms with Gasteiger partial charge in [0, 0.05) is 13.1 Å². The third-order valence-corrected chi connectivity index (χ3v) is 3.88. The van der Waals surface area contributed by atoms with E-state index < -0.39 is 0 Å². The van der Waals surface area contributed by atoms with Gasteiger partial charge in [-0.1, -0.05) is 49.3 Å². The topological polar surface area (TPSA) is 41.1 Å². The first kappa shape index (κ1) is 15.8. The van der Waals surface area contributed by atoms with Gasteiger partial charge in [-0.25, -0.2) is 0 Å². The third-order valence-electron chi connectivity index (χ3n) is 3.88. The number of unbranched alkanes of at least 4 members (excludes halogenated alkanes) is 1. The lowest BCUT2D eigenvalue weighted by Crippen LogP contribution is -2.30. The van der Waals surface area contributed by atoms with Gasteiger partial charge in [-0.2, -0.15) is 0 Å². The molecule has 1 amide bonds. The summed E-state index contributed by atoms with van der Waals surface area (Å²) >= 11 is 0. The molecule has 21 heavy (non-hydrogen) atoms. The summed E-state index contributed by atoms with van der Waals surface area (Å²) in [4.78, 5) is 12.0. The van der Waals surface area contributed by atoms with Gasteiger partial charge in [-0.3, -0.25) is 4.79 Å². The second kappa shape index (κ2) is 8.63. The molecule has 0 bridgehead atoms. The average Bonchev–Trinajstić information content (AvgIpc) is 2.53. The Morgan fingerprint density at radius 2 is 2.00 bits per heavy atom. The van der Waals surface area contributed by atoms with Crippen LogP contribution < -0.4 is 10.6 Å². The molecule has 0 spiro atoms. The molecule has 0 saturated carbocycles. The second-order valence-electron chi connectivity index (χ2n) is 5.69. The van der Waals surface area contributed by atoms with Gasteiger partial charge in [-0.05, 0) is 36.9 Å². The maximum atomic E-state index is 12.0. The highest BCUT2D eigenvalue weighted by Gasteiger charge is 2.06. The van der Waals surface area contributed by atoms with E-state index in [0.717, 1.165) is 31.5 Å². The van der Waals surface area contributed by atoms with E-state index in [1.807, 2.05) is 0 Å². The Hall–Kier alpha value is -1.61. The van der Waals surface area contributed by atoms with Crippen molar-refractivity contribution in [2.24, 2.45) is 0 Å². The Morgan fingerprint density at radius 3 is 2.67 bits per heavy atom. The van der Waals surface area contributed by atoms with Crippen molar-refractivity contribution >= 4 is 5.91 Å². The van der Waals surface area contributed by atoms with Gasteiger partial charge in [0.05, 0.1) is 6.42 Å². The predicted octanol–water partition coefficient (Wildman–Crippen LogP) is 2.61. The van der Waals surface area contributed by atoms with Crippen molar-refractivity contribution in [1.82, 2.24) is 10.6 Å². The molecule has 2 N–H and O–H groups in total. The molecule has 114 valence electrons. The zero-order valence-corrected chi connectivity index (χ0v) is 13.0. The highest BCUT2D eigenvalue weighted by atomic mass is 16.1. The van der Waals surface area contributed by atoms with Gasteiger partial charge in [0.2, 0.25) is 5.91 Å². The van der Waals surface area contributed by atoms with E-state index in [1.165, 1.54) is 24.0 Å². The van der Waals surface area contributed by atoms with E-state index in [0.29, 0.717) is 13.0 Å². The lowest BCUT2D eigenvalue weighted by Gasteiger charge is -2.14. The van der Waals surface area contributed by atoms with Crippen LogP contribution in [0, 0.1) is 0 Å². The minimum atomic E-state index is 0.107. The van der Waals surface area contributed by atoms with Crippen molar-refractivity contribution in [2.75, 3.05) is 19.6 Å². The van der Waals surface area contributed by atoms with Crippen molar-refractivity contribution < 1.29 is 4.79 Å². The van der Waals surface area contributed by atoms with Gasteiger partial charge in [0.15, 0.2) is 0 Å². The zero-order chi connectivity index (χ0) is 14.9. The van der Waals surface area contributed by atoms with Crippen molar-refractivity contribution in [3.63, 3.8) is 0 Å². The number of amides is 1. The van der Waals surface area contributed by atoms with E-state index >= 15 is 0 Å². The second-order valence-corrected chi connectivity index (χ2v) is 5.69. The SMILES string of the molecule is CCCCc1ccc(CC(=O)NCC2=CCNCC2)cc1. The van der Waals surface area contributed by atoms with E-state index in [4.69, 9.17) is 0 Å². The molecule has 1 heterocycles. The normalized spacial score (nSPS) is 14.6. The number of carbonyl (C=O) groups excluding carboxylic acids is 1. The molecule has 3 heteroatoms. The van der Waals surface area contributed by atoms with E-state index in [9.17, 15) is 4.79 Å². The van der Waals surface area contributed by atoms with Crippen LogP contribution in [0.15, 0.2) is 35.9 Å². The molecular weight excluding hydrogens is 260 g/mol. The van der Waals surface area contributed by atoms with Gasteiger partial charge >= 0.3 is 0 Å². The Balaban J connectivity index is 1.75. The summed E-state index contributed by atoms with van der Waals surface area (Å²) in [6.07, 6.45) is 7.25. The lowest BCUT2D eigenvalue weighted by atomic mass is 10.0. The fourth-order valence-electron chi connectivity index (χ4n) is 2.49. The number of hydrogen-bond acceptors (Lipinski definition) is 2. The lowest BCUT2D eigenvalue weighted by molar-refractivity contribution is -0.120. The highest BCUT2D eigenvalue weighted by Crippen LogP contribution is 2.09. The molecule has 0 unspecified atom stereocenters. The molecule has 0 radical (unpaired) electrons. The first-order valence-electron chi connectivity index (χ1n) is 8.01. The number of nitrogens with one attached hydrogen (secondary N) is 2. The summed E-state index contributed by atoms with van der Waals surface area (Å²) in [5.41, 5.74) is 3.78. The molecule has 1 aromatic rings. The van der Waals surface area contributed by atoms with Crippen LogP contribution in [-0.4, -0.2) is 25.5 Å². The van der Waals surface area contributed by atoms with Crippen LogP contribution >= 0.6 is 0 Å². The number of aryl methyl sites for hydroxylation is 1. The van der Waals surface area contributed by atoms with Crippen LogP contribution in [0.1, 0.15) is 37.3 Å². The van der Waals surface area contributed by atoms with Crippen LogP contribution in [0.5, 0.6) is 0 Å². The van der Waals surface area contributed by atoms with Crippen molar-refractivity contribution in [3.8, 4) is 0 Å². The largest absolute Gasteiger partial charge is 0.352 e. The number of carbonyl (C=O) groups is 1. The quantitative estimate of drug-likeness (QED) is 0.757. The Labute approximate surface area is 127 Å². The molecule has 1 aliphatic heterocycles. The fourth-order valence-corrected chi connectivity index (χ4v) is 2.49. The Morgan fingerprint density at radius 1 is 1.24 bits per heavy atom. The summed E-state index contributed by atoms with van der Waals surface area (Å²) in [6, 6.07) is 8.45. The average molecular weight is 286 g/mol. The Bertz CT molecular complexity index is 476. The van der Waals surface area contributed by atoms with E-state index in [-0.39, 0.29) is 5.91 Å². The zero-order valence-electron chi connectivity index (χ0n) is 13.0. The number of rotatable bonds is 7. The minimum absolute atomic E-state index is 0.107.